The highest BCUT2D eigenvalue weighted by atomic mass is 16.6. The fraction of sp³-hybridized carbons (Fsp3) is 0.552. The summed E-state index contributed by atoms with van der Waals surface area (Å²) in [6.07, 6.45) is 9.38. The van der Waals surface area contributed by atoms with E-state index in [0.29, 0.717) is 19.4 Å². The van der Waals surface area contributed by atoms with E-state index in [0.717, 1.165) is 23.2 Å². The smallest absolute Gasteiger partial charge is 0.313 e. The minimum atomic E-state index is -1.37. The first kappa shape index (κ1) is 25.7. The summed E-state index contributed by atoms with van der Waals surface area (Å²) in [6.45, 7) is 7.87. The summed E-state index contributed by atoms with van der Waals surface area (Å²) in [4.78, 5) is 45.4. The van der Waals surface area contributed by atoms with Crippen molar-refractivity contribution in [1.82, 2.24) is 4.90 Å². The number of aliphatic hydroxyl groups is 1. The Labute approximate surface area is 217 Å². The van der Waals surface area contributed by atoms with Gasteiger partial charge in [0, 0.05) is 12.2 Å². The van der Waals surface area contributed by atoms with Crippen molar-refractivity contribution in [3.05, 3.63) is 53.6 Å². The molecule has 2 amide bonds. The first-order valence-electron chi connectivity index (χ1n) is 13.2. The molecular weight excluding hydrogens is 472 g/mol. The molecule has 4 heterocycles. The molecule has 1 aromatic carbocycles. The molecule has 2 fully saturated rings. The van der Waals surface area contributed by atoms with Gasteiger partial charge in [-0.05, 0) is 57.2 Å². The molecule has 37 heavy (non-hydrogen) atoms. The normalized spacial score (nSPS) is 35.1. The quantitative estimate of drug-likeness (QED) is 0.496. The molecular formula is C29H36N2O6. The van der Waals surface area contributed by atoms with Crippen LogP contribution in [0.5, 0.6) is 0 Å². The summed E-state index contributed by atoms with van der Waals surface area (Å²) in [5.41, 5.74) is 0.235. The molecule has 198 valence electrons. The van der Waals surface area contributed by atoms with E-state index >= 15 is 0 Å². The number of allylic oxidation sites excluding steroid dienone is 1. The molecule has 4 aliphatic heterocycles. The molecule has 6 atom stereocenters. The van der Waals surface area contributed by atoms with Crippen molar-refractivity contribution < 1.29 is 29.0 Å². The van der Waals surface area contributed by atoms with E-state index in [1.165, 1.54) is 4.90 Å². The van der Waals surface area contributed by atoms with E-state index in [-0.39, 0.29) is 25.0 Å². The Bertz CT molecular complexity index is 1170. The van der Waals surface area contributed by atoms with Crippen molar-refractivity contribution in [1.29, 1.82) is 0 Å². The molecule has 1 N–H and O–H groups in total. The number of hydrogen-bond acceptors (Lipinski definition) is 6. The van der Waals surface area contributed by atoms with E-state index in [4.69, 9.17) is 9.47 Å². The van der Waals surface area contributed by atoms with Crippen LogP contribution in [0.2, 0.25) is 0 Å². The van der Waals surface area contributed by atoms with Crippen molar-refractivity contribution in [3.8, 4) is 0 Å². The van der Waals surface area contributed by atoms with Gasteiger partial charge in [-0.2, -0.15) is 0 Å². The van der Waals surface area contributed by atoms with Crippen molar-refractivity contribution in [3.63, 3.8) is 0 Å². The van der Waals surface area contributed by atoms with Gasteiger partial charge in [-0.3, -0.25) is 14.4 Å². The first-order valence-corrected chi connectivity index (χ1v) is 13.2. The van der Waals surface area contributed by atoms with E-state index in [1.807, 2.05) is 63.3 Å². The fourth-order valence-corrected chi connectivity index (χ4v) is 6.61. The molecule has 0 bridgehead atoms. The van der Waals surface area contributed by atoms with Crippen molar-refractivity contribution in [2.45, 2.75) is 70.2 Å². The van der Waals surface area contributed by atoms with Crippen LogP contribution in [0.15, 0.2) is 42.5 Å². The second-order valence-corrected chi connectivity index (χ2v) is 10.8. The Balaban J connectivity index is 1.69. The number of esters is 1. The zero-order valence-corrected chi connectivity index (χ0v) is 22.0. The summed E-state index contributed by atoms with van der Waals surface area (Å²) in [5, 5.41) is 10.2. The number of anilines is 1. The molecule has 0 aliphatic carbocycles. The molecule has 8 heteroatoms. The molecule has 0 radical (unpaired) electrons. The third-order valence-corrected chi connectivity index (χ3v) is 8.42. The number of carbonyl (C=O) groups is 3. The van der Waals surface area contributed by atoms with Crippen LogP contribution in [-0.4, -0.2) is 70.8 Å². The number of fused-ring (bicyclic) bond motifs is 2. The Morgan fingerprint density at radius 2 is 1.89 bits per heavy atom. The number of hydrogen-bond donors (Lipinski definition) is 1. The van der Waals surface area contributed by atoms with Crippen LogP contribution >= 0.6 is 0 Å². The third-order valence-electron chi connectivity index (χ3n) is 8.42. The minimum Gasteiger partial charge on any atom is -0.465 e. The van der Waals surface area contributed by atoms with Crippen molar-refractivity contribution in [2.75, 3.05) is 24.7 Å². The summed E-state index contributed by atoms with van der Waals surface area (Å²) in [5.74, 6) is -2.99. The van der Waals surface area contributed by atoms with Crippen LogP contribution in [0.4, 0.5) is 5.69 Å². The van der Waals surface area contributed by atoms with Gasteiger partial charge in [-0.1, -0.05) is 43.4 Å². The highest BCUT2D eigenvalue weighted by molar-refractivity contribution is 6.06. The number of cyclic esters (lactones) is 1. The van der Waals surface area contributed by atoms with Gasteiger partial charge in [0.05, 0.1) is 30.8 Å². The molecule has 1 unspecified atom stereocenters. The van der Waals surface area contributed by atoms with Crippen LogP contribution in [-0.2, 0) is 23.9 Å². The maximum Gasteiger partial charge on any atom is 0.313 e. The van der Waals surface area contributed by atoms with Gasteiger partial charge in [0.15, 0.2) is 0 Å². The number of carbonyl (C=O) groups excluding carboxylic acids is 3. The molecule has 4 aliphatic rings. The summed E-state index contributed by atoms with van der Waals surface area (Å²) in [7, 11) is 0. The van der Waals surface area contributed by atoms with Gasteiger partial charge in [0.25, 0.3) is 5.91 Å². The maximum atomic E-state index is 14.5. The highest BCUT2D eigenvalue weighted by Gasteiger charge is 2.75. The second kappa shape index (κ2) is 9.40. The number of amides is 2. The van der Waals surface area contributed by atoms with E-state index < -0.39 is 41.1 Å². The summed E-state index contributed by atoms with van der Waals surface area (Å²) >= 11 is 0. The third kappa shape index (κ3) is 3.84. The second-order valence-electron chi connectivity index (χ2n) is 10.8. The predicted molar refractivity (Wildman–Crippen MR) is 138 cm³/mol. The molecule has 8 nitrogen and oxygen atoms in total. The van der Waals surface area contributed by atoms with Crippen LogP contribution in [0.25, 0.3) is 0 Å². The average molecular weight is 509 g/mol. The number of aryl methyl sites for hydroxylation is 2. The number of rotatable bonds is 4. The standard InChI is InChI=1S/C29H36N2O6/c1-5-20(17-32)31-24-26(34)30(21-16-18(2)10-11-19(21)3)14-9-13-29(24)22(25(31)33)23-27(35)36-15-8-6-7-12-28(23,4)37-29/h7,9-13,16,20,22-24,32H,5-6,8,14-15,17H2,1-4H3/b12-7-/t20-,22-,23-,24?,28+,29-/m0/s1. The lowest BCUT2D eigenvalue weighted by atomic mass is 9.74. The number of aliphatic hydroxyl groups excluding tert-OH is 1. The zero-order valence-electron chi connectivity index (χ0n) is 22.0. The zero-order chi connectivity index (χ0) is 26.5. The first-order chi connectivity index (χ1) is 17.7. The van der Waals surface area contributed by atoms with Crippen LogP contribution in [0.3, 0.4) is 0 Å². The van der Waals surface area contributed by atoms with E-state index in [1.54, 1.807) is 11.8 Å². The van der Waals surface area contributed by atoms with Gasteiger partial charge in [-0.25, -0.2) is 0 Å². The molecule has 0 aromatic heterocycles. The number of ether oxygens (including phenoxy) is 2. The number of benzene rings is 1. The van der Waals surface area contributed by atoms with E-state index in [2.05, 4.69) is 0 Å². The lowest BCUT2D eigenvalue weighted by Gasteiger charge is -2.40. The molecule has 2 saturated heterocycles. The van der Waals surface area contributed by atoms with Crippen molar-refractivity contribution in [2.24, 2.45) is 11.8 Å². The number of likely N-dealkylation sites (tertiary alicyclic amines) is 1. The largest absolute Gasteiger partial charge is 0.465 e. The monoisotopic (exact) mass is 508 g/mol. The summed E-state index contributed by atoms with van der Waals surface area (Å²) < 4.78 is 12.4. The molecule has 5 rings (SSSR count). The van der Waals surface area contributed by atoms with Gasteiger partial charge >= 0.3 is 5.97 Å². The highest BCUT2D eigenvalue weighted by Crippen LogP contribution is 2.57. The van der Waals surface area contributed by atoms with Gasteiger partial charge in [0.2, 0.25) is 5.91 Å². The van der Waals surface area contributed by atoms with Gasteiger partial charge in [-0.15, -0.1) is 0 Å². The number of nitrogens with zero attached hydrogens (tertiary/aromatic N) is 2. The van der Waals surface area contributed by atoms with Crippen LogP contribution in [0.1, 0.15) is 44.2 Å². The maximum absolute atomic E-state index is 14.5. The summed E-state index contributed by atoms with van der Waals surface area (Å²) in [6, 6.07) is 4.32. The Morgan fingerprint density at radius 3 is 2.62 bits per heavy atom. The Morgan fingerprint density at radius 1 is 1.11 bits per heavy atom. The molecule has 1 spiro atoms. The topological polar surface area (TPSA) is 96.4 Å². The van der Waals surface area contributed by atoms with Gasteiger partial charge < -0.3 is 24.4 Å². The Kier molecular flexibility index (Phi) is 6.52. The lowest BCUT2D eigenvalue weighted by molar-refractivity contribution is -0.159. The fourth-order valence-electron chi connectivity index (χ4n) is 6.61. The van der Waals surface area contributed by atoms with E-state index in [9.17, 15) is 19.5 Å². The van der Waals surface area contributed by atoms with Gasteiger partial charge in [0.1, 0.15) is 17.6 Å². The van der Waals surface area contributed by atoms with Crippen LogP contribution in [0, 0.1) is 25.7 Å². The SMILES string of the molecule is CC[C@@H](CO)N1C(=O)[C@@H]2[C@H]3C(=O)OCCC/C=C\[C@@]3(C)O[C@@]23C=CCN(c2cc(C)ccc2C)C(=O)C13. The minimum absolute atomic E-state index is 0.264. The Hall–Kier alpha value is -2.97. The molecule has 1 aromatic rings. The lowest BCUT2D eigenvalue weighted by Crippen LogP contribution is -2.58. The van der Waals surface area contributed by atoms with Crippen molar-refractivity contribution >= 4 is 23.5 Å². The predicted octanol–water partition coefficient (Wildman–Crippen LogP) is 2.84. The average Bonchev–Trinajstić information content (AvgIpc) is 3.21. The molecule has 0 saturated carbocycles. The van der Waals surface area contributed by atoms with Crippen LogP contribution < -0.4 is 4.90 Å².